The quantitative estimate of drug-likeness (QED) is 0.0253. The lowest BCUT2D eigenvalue weighted by Gasteiger charge is -2.41. The second-order valence-corrected chi connectivity index (χ2v) is 28.7. The molecule has 2 atom stereocenters. The number of carboxylic acid groups (broad SMARTS) is 1. The minimum Gasteiger partial charge on any atom is -0.793 e. The molecule has 7 heteroatoms. The summed E-state index contributed by atoms with van der Waals surface area (Å²) in [5.41, 5.74) is 11.1. The molecule has 4 aliphatic rings. The second kappa shape index (κ2) is 34.6. The van der Waals surface area contributed by atoms with Crippen LogP contribution in [0.4, 0.5) is 0 Å². The molecule has 4 aliphatic carbocycles. The summed E-state index contributed by atoms with van der Waals surface area (Å²) >= 11 is 15.2. The summed E-state index contributed by atoms with van der Waals surface area (Å²) in [7, 11) is 0. The third-order valence-electron chi connectivity index (χ3n) is 21.1. The molecule has 506 valence electrons. The second-order valence-electron chi connectivity index (χ2n) is 27.6. The predicted molar refractivity (Wildman–Crippen MR) is 429 cm³/mol. The molecule has 0 spiro atoms. The van der Waals surface area contributed by atoms with Crippen molar-refractivity contribution in [2.75, 3.05) is 30.5 Å². The van der Waals surface area contributed by atoms with Gasteiger partial charge < -0.3 is 57.3 Å². The number of benzene rings is 12. The zero-order valence-corrected chi connectivity index (χ0v) is 59.8. The van der Waals surface area contributed by atoms with E-state index in [9.17, 15) is 9.90 Å². The summed E-state index contributed by atoms with van der Waals surface area (Å²) in [5, 5.41) is 34.7. The van der Waals surface area contributed by atoms with Crippen LogP contribution in [0.25, 0.3) is 97.0 Å². The number of aryl methyl sites for hydroxylation is 1. The number of hydrogen-bond acceptors (Lipinski definition) is 7. The molecule has 4 nitrogen and oxygen atoms in total. The zero-order chi connectivity index (χ0) is 67.7. The average Bonchev–Trinajstić information content (AvgIpc) is 0.770. The average molecular weight is 1360 g/mol. The lowest BCUT2D eigenvalue weighted by Crippen LogP contribution is -2.29. The van der Waals surface area contributed by atoms with Crippen LogP contribution in [0.15, 0.2) is 246 Å². The SMILES string of the molecule is O=C([O-])CCCCCCCCCCCc1ccc2ccc3cccc4ccc1c2c34.[S-]CC1=C2C=CC3=CC=CC4=CC=C(C=C1)C2C34.[S-]CCCCCCCCOCc1ccc2ccc3cccc4ccc1c2c34.[S-]CCCCCOCc1ccc2ccc3cccc4ccc1c2c34. The van der Waals surface area contributed by atoms with E-state index in [1.54, 1.807) is 0 Å². The summed E-state index contributed by atoms with van der Waals surface area (Å²) in [6.45, 7) is 3.05. The van der Waals surface area contributed by atoms with Gasteiger partial charge in [0, 0.05) is 31.0 Å². The molecule has 0 fully saturated rings. The van der Waals surface area contributed by atoms with Crippen molar-refractivity contribution in [1.82, 2.24) is 0 Å². The number of carbonyl (C=O) groups is 1. The number of carbonyl (C=O) groups excluding carboxylic acids is 1. The van der Waals surface area contributed by atoms with Crippen molar-refractivity contribution >= 4 is 141 Å². The van der Waals surface area contributed by atoms with Crippen molar-refractivity contribution in [2.24, 2.45) is 11.8 Å². The molecule has 0 amide bonds. The van der Waals surface area contributed by atoms with Crippen LogP contribution in [0.5, 0.6) is 0 Å². The largest absolute Gasteiger partial charge is 0.793 e. The third-order valence-corrected chi connectivity index (χ3v) is 22.0. The Morgan fingerprint density at radius 2 is 0.707 bits per heavy atom. The predicted octanol–water partition coefficient (Wildman–Crippen LogP) is 23.1. The first-order valence-corrected chi connectivity index (χ1v) is 38.6. The lowest BCUT2D eigenvalue weighted by molar-refractivity contribution is -0.305. The monoisotopic (exact) mass is 1360 g/mol. The summed E-state index contributed by atoms with van der Waals surface area (Å²) in [4.78, 5) is 10.4. The zero-order valence-electron chi connectivity index (χ0n) is 57.4. The summed E-state index contributed by atoms with van der Waals surface area (Å²) in [6, 6.07) is 60.2. The van der Waals surface area contributed by atoms with Gasteiger partial charge in [0.1, 0.15) is 0 Å². The molecule has 2 unspecified atom stereocenters. The van der Waals surface area contributed by atoms with Gasteiger partial charge in [-0.2, -0.15) is 17.3 Å². The van der Waals surface area contributed by atoms with Gasteiger partial charge in [-0.15, -0.1) is 0 Å². The molecular weight excluding hydrogens is 1270 g/mol. The van der Waals surface area contributed by atoms with Crippen LogP contribution < -0.4 is 5.11 Å². The van der Waals surface area contributed by atoms with Gasteiger partial charge in [0.2, 0.25) is 0 Å². The first-order valence-electron chi connectivity index (χ1n) is 36.8. The number of rotatable bonds is 30. The molecule has 0 N–H and O–H groups in total. The Kier molecular flexibility index (Phi) is 24.4. The highest BCUT2D eigenvalue weighted by molar-refractivity contribution is 7.59. The highest BCUT2D eigenvalue weighted by Gasteiger charge is 2.37. The molecule has 12 aromatic rings. The highest BCUT2D eigenvalue weighted by Crippen LogP contribution is 2.50. The van der Waals surface area contributed by atoms with Gasteiger partial charge in [-0.05, 0) is 174 Å². The molecular formula is C92H92O4S3-4. The van der Waals surface area contributed by atoms with Crippen LogP contribution >= 0.6 is 0 Å². The normalized spacial score (nSPS) is 15.3. The highest BCUT2D eigenvalue weighted by atomic mass is 32.1. The Labute approximate surface area is 602 Å². The Hall–Kier alpha value is -7.62. The fourth-order valence-electron chi connectivity index (χ4n) is 15.9. The molecule has 12 aromatic carbocycles. The smallest absolute Gasteiger partial charge is 0.0722 e. The molecule has 0 radical (unpaired) electrons. The van der Waals surface area contributed by atoms with Crippen LogP contribution in [0.3, 0.4) is 0 Å². The first kappa shape index (κ1) is 69.8. The van der Waals surface area contributed by atoms with Crippen LogP contribution in [0.2, 0.25) is 0 Å². The number of aliphatic carboxylic acids is 1. The van der Waals surface area contributed by atoms with Gasteiger partial charge in [0.05, 0.1) is 13.2 Å². The van der Waals surface area contributed by atoms with Crippen LogP contribution in [-0.2, 0) is 71.8 Å². The Morgan fingerprint density at radius 1 is 0.343 bits per heavy atom. The maximum Gasteiger partial charge on any atom is 0.0722 e. The molecule has 0 saturated heterocycles. The Bertz CT molecular complexity index is 4900. The van der Waals surface area contributed by atoms with E-state index in [0.29, 0.717) is 30.8 Å². The van der Waals surface area contributed by atoms with E-state index in [1.165, 1.54) is 219 Å². The van der Waals surface area contributed by atoms with Crippen molar-refractivity contribution in [3.63, 3.8) is 0 Å². The van der Waals surface area contributed by atoms with Gasteiger partial charge in [-0.1, -0.05) is 314 Å². The standard InChI is InChI=1S/C28H32O2.C25H28OS.C22H22OS.C17H14S/c29-26(30)14-9-7-5-3-1-2-4-6-8-11-21-15-16-24-18-17-22-12-10-13-23-19-20-25(21)28(24)27(22)23;27-17-6-4-2-1-3-5-16-26-18-22-13-12-21-11-10-19-8-7-9-20-14-15-23(22)25(21)24(19)20;24-14-3-1-2-13-23-15-19-10-9-18-8-7-16-5-4-6-17-11-12-20(19)22(18)21(16)17;18-10-14-7-6-13-5-4-11-2-1-3-12-8-9-15(14)17(13)16(11)12/h10,12-13,15-20H,1-9,11,14H2,(H,29,30);7-15,27H,1-6,16-18H2;4-12,24H,1-3,13-15H2;1-9,16-18H,10H2/p-4. The third kappa shape index (κ3) is 16.4. The van der Waals surface area contributed by atoms with E-state index in [-0.39, 0.29) is 6.42 Å². The number of carboxylic acids is 1. The summed E-state index contributed by atoms with van der Waals surface area (Å²) in [6.07, 6.45) is 42.9. The van der Waals surface area contributed by atoms with Crippen molar-refractivity contribution in [3.8, 4) is 0 Å². The van der Waals surface area contributed by atoms with E-state index >= 15 is 0 Å². The maximum atomic E-state index is 10.4. The van der Waals surface area contributed by atoms with Gasteiger partial charge in [0.15, 0.2) is 0 Å². The lowest BCUT2D eigenvalue weighted by atomic mass is 9.63. The summed E-state index contributed by atoms with van der Waals surface area (Å²) in [5.74, 6) is 2.56. The van der Waals surface area contributed by atoms with Gasteiger partial charge >= 0.3 is 0 Å². The molecule has 16 rings (SSSR count). The van der Waals surface area contributed by atoms with Crippen molar-refractivity contribution in [2.45, 2.75) is 142 Å². The topological polar surface area (TPSA) is 58.6 Å². The van der Waals surface area contributed by atoms with E-state index in [0.717, 1.165) is 69.7 Å². The summed E-state index contributed by atoms with van der Waals surface area (Å²) < 4.78 is 11.9. The Balaban J connectivity index is 0.000000120. The molecule has 0 aliphatic heterocycles. The molecule has 0 saturated carbocycles. The van der Waals surface area contributed by atoms with Gasteiger partial charge in [-0.25, -0.2) is 0 Å². The number of unbranched alkanes of at least 4 members (excludes halogenated alkanes) is 15. The van der Waals surface area contributed by atoms with Gasteiger partial charge in [0.25, 0.3) is 0 Å². The van der Waals surface area contributed by atoms with Crippen LogP contribution in [-0.4, -0.2) is 36.4 Å². The fraction of sp³-hybridized carbons (Fsp3) is 0.315. The van der Waals surface area contributed by atoms with Gasteiger partial charge in [-0.3, -0.25) is 0 Å². The first-order chi connectivity index (χ1) is 48.9. The van der Waals surface area contributed by atoms with Crippen molar-refractivity contribution in [3.05, 3.63) is 263 Å². The molecule has 99 heavy (non-hydrogen) atoms. The number of hydrogen-bond donors (Lipinski definition) is 0. The van der Waals surface area contributed by atoms with E-state index < -0.39 is 5.97 Å². The molecule has 0 heterocycles. The minimum atomic E-state index is -0.917. The Morgan fingerprint density at radius 3 is 1.17 bits per heavy atom. The van der Waals surface area contributed by atoms with Crippen LogP contribution in [0, 0.1) is 11.8 Å². The van der Waals surface area contributed by atoms with Crippen molar-refractivity contribution in [1.29, 1.82) is 0 Å². The molecule has 0 bridgehead atoms. The van der Waals surface area contributed by atoms with E-state index in [2.05, 4.69) is 218 Å². The maximum absolute atomic E-state index is 10.4. The van der Waals surface area contributed by atoms with Crippen LogP contribution in [0.1, 0.15) is 139 Å². The number of ether oxygens (including phenoxy) is 2. The number of allylic oxidation sites excluding steroid dienone is 13. The fourth-order valence-corrected chi connectivity index (χ4v) is 16.6. The van der Waals surface area contributed by atoms with E-state index in [1.807, 2.05) is 0 Å². The van der Waals surface area contributed by atoms with E-state index in [4.69, 9.17) is 47.4 Å². The molecule has 0 aromatic heterocycles. The van der Waals surface area contributed by atoms with Crippen molar-refractivity contribution < 1.29 is 19.4 Å². The minimum absolute atomic E-state index is 0.211.